The van der Waals surface area contributed by atoms with Crippen molar-refractivity contribution in [3.63, 3.8) is 0 Å². The predicted molar refractivity (Wildman–Crippen MR) is 116 cm³/mol. The van der Waals surface area contributed by atoms with Crippen molar-refractivity contribution in [1.29, 1.82) is 0 Å². The summed E-state index contributed by atoms with van der Waals surface area (Å²) in [5.74, 6) is -0.439. The monoisotopic (exact) mass is 452 g/mol. The number of carbonyl (C=O) groups is 1. The maximum absolute atomic E-state index is 11.6. The Bertz CT molecular complexity index is 478. The van der Waals surface area contributed by atoms with Gasteiger partial charge in [0, 0.05) is 6.42 Å². The summed E-state index contributed by atoms with van der Waals surface area (Å²) < 4.78 is 19.7. The average molecular weight is 453 g/mol. The van der Waals surface area contributed by atoms with Gasteiger partial charge in [-0.3, -0.25) is 14.6 Å². The number of unbranched alkanes of at least 4 members (excludes halogenated alkanes) is 11. The third-order valence-electron chi connectivity index (χ3n) is 4.65. The van der Waals surface area contributed by atoms with Gasteiger partial charge in [-0.05, 0) is 32.1 Å². The molecule has 0 aromatic carbocycles. The van der Waals surface area contributed by atoms with Gasteiger partial charge >= 0.3 is 13.8 Å². The molecule has 0 heterocycles. The highest BCUT2D eigenvalue weighted by Crippen LogP contribution is 2.35. The van der Waals surface area contributed by atoms with Gasteiger partial charge in [0.1, 0.15) is 6.61 Å². The molecule has 178 valence electrons. The molecule has 0 aromatic rings. The number of phosphoric ester groups is 1. The van der Waals surface area contributed by atoms with Crippen LogP contribution in [0.1, 0.15) is 96.8 Å². The lowest BCUT2D eigenvalue weighted by molar-refractivity contribution is -0.290. The van der Waals surface area contributed by atoms with Crippen LogP contribution in [-0.4, -0.2) is 40.3 Å². The second-order valence-corrected chi connectivity index (χ2v) is 8.77. The number of phosphoric acid groups is 1. The Morgan fingerprint density at radius 2 is 1.40 bits per heavy atom. The highest BCUT2D eigenvalue weighted by Gasteiger charge is 2.20. The van der Waals surface area contributed by atoms with E-state index in [-0.39, 0.29) is 13.0 Å². The smallest absolute Gasteiger partial charge is 0.463 e. The molecular weight excluding hydrogens is 411 g/mol. The first kappa shape index (κ1) is 29.2. The minimum absolute atomic E-state index is 0.260. The summed E-state index contributed by atoms with van der Waals surface area (Å²) in [4.78, 5) is 32.8. The fourth-order valence-electron chi connectivity index (χ4n) is 2.89. The van der Waals surface area contributed by atoms with Crippen LogP contribution in [-0.2, 0) is 23.5 Å². The van der Waals surface area contributed by atoms with Crippen LogP contribution in [0.5, 0.6) is 0 Å². The van der Waals surface area contributed by atoms with Gasteiger partial charge < -0.3 is 14.5 Å². The van der Waals surface area contributed by atoms with Crippen molar-refractivity contribution in [3.8, 4) is 0 Å². The van der Waals surface area contributed by atoms with Gasteiger partial charge in [0.25, 0.3) is 0 Å². The number of hydrogen-bond acceptors (Lipinski definition) is 6. The normalized spacial score (nSPS) is 13.1. The molecule has 30 heavy (non-hydrogen) atoms. The molecule has 0 radical (unpaired) electrons. The minimum Gasteiger partial charge on any atom is -0.463 e. The standard InChI is InChI=1S/C21H41O8P/c1-2-3-4-5-6-7-8-9-10-11-12-13-14-15-16-17-21(22)27-18-20(29-23)19-28-30(24,25)26/h9-10,20,23H,2-8,11-19H2,1H3,(H2,24,25,26). The van der Waals surface area contributed by atoms with Crippen molar-refractivity contribution in [2.45, 2.75) is 103 Å². The van der Waals surface area contributed by atoms with Crippen LogP contribution in [0.25, 0.3) is 0 Å². The first-order valence-electron chi connectivity index (χ1n) is 11.2. The number of allylic oxidation sites excluding steroid dienone is 2. The Morgan fingerprint density at radius 1 is 0.867 bits per heavy atom. The van der Waals surface area contributed by atoms with Crippen molar-refractivity contribution < 1.29 is 38.6 Å². The van der Waals surface area contributed by atoms with E-state index < -0.39 is 26.5 Å². The third-order valence-corrected chi connectivity index (χ3v) is 5.14. The summed E-state index contributed by atoms with van der Waals surface area (Å²) >= 11 is 0. The maximum Gasteiger partial charge on any atom is 0.469 e. The molecule has 9 heteroatoms. The number of carbonyl (C=O) groups excluding carboxylic acids is 1. The van der Waals surface area contributed by atoms with E-state index in [4.69, 9.17) is 19.8 Å². The van der Waals surface area contributed by atoms with E-state index in [1.807, 2.05) is 0 Å². The average Bonchev–Trinajstić information content (AvgIpc) is 2.70. The first-order chi connectivity index (χ1) is 14.4. The van der Waals surface area contributed by atoms with E-state index in [2.05, 4.69) is 28.5 Å². The van der Waals surface area contributed by atoms with E-state index in [0.29, 0.717) is 0 Å². The van der Waals surface area contributed by atoms with E-state index in [0.717, 1.165) is 38.5 Å². The van der Waals surface area contributed by atoms with Crippen molar-refractivity contribution in [2.75, 3.05) is 13.2 Å². The van der Waals surface area contributed by atoms with Crippen molar-refractivity contribution >= 4 is 13.8 Å². The van der Waals surface area contributed by atoms with Crippen LogP contribution in [0.15, 0.2) is 12.2 Å². The fourth-order valence-corrected chi connectivity index (χ4v) is 3.25. The van der Waals surface area contributed by atoms with Gasteiger partial charge in [-0.1, -0.05) is 70.4 Å². The number of hydrogen-bond donors (Lipinski definition) is 3. The summed E-state index contributed by atoms with van der Waals surface area (Å²) in [6, 6.07) is 0. The highest BCUT2D eigenvalue weighted by molar-refractivity contribution is 7.46. The number of esters is 1. The van der Waals surface area contributed by atoms with E-state index in [9.17, 15) is 9.36 Å². The zero-order chi connectivity index (χ0) is 22.5. The SMILES string of the molecule is CCCCCCCCC=CCCCCCCCC(=O)OCC(COP(=O)(O)O)OO. The van der Waals surface area contributed by atoms with Crippen LogP contribution >= 0.6 is 7.82 Å². The topological polar surface area (TPSA) is 123 Å². The first-order valence-corrected chi connectivity index (χ1v) is 12.7. The van der Waals surface area contributed by atoms with Gasteiger partial charge in [-0.15, -0.1) is 0 Å². The summed E-state index contributed by atoms with van der Waals surface area (Å²) in [5, 5.41) is 8.62. The van der Waals surface area contributed by atoms with Gasteiger partial charge in [0.05, 0.1) is 6.61 Å². The quantitative estimate of drug-likeness (QED) is 0.0518. The Labute approximate surface area is 181 Å². The molecule has 0 saturated carbocycles. The molecule has 3 N–H and O–H groups in total. The maximum atomic E-state index is 11.6. The van der Waals surface area contributed by atoms with Crippen LogP contribution in [0.2, 0.25) is 0 Å². The minimum atomic E-state index is -4.66. The molecule has 0 spiro atoms. The molecule has 8 nitrogen and oxygen atoms in total. The lowest BCUT2D eigenvalue weighted by atomic mass is 10.1. The highest BCUT2D eigenvalue weighted by atomic mass is 31.2. The summed E-state index contributed by atoms with van der Waals surface area (Å²) in [6.45, 7) is 1.32. The van der Waals surface area contributed by atoms with E-state index in [1.165, 1.54) is 44.9 Å². The molecule has 0 saturated heterocycles. The van der Waals surface area contributed by atoms with Crippen molar-refractivity contribution in [2.24, 2.45) is 0 Å². The molecule has 1 unspecified atom stereocenters. The van der Waals surface area contributed by atoms with Gasteiger partial charge in [-0.2, -0.15) is 0 Å². The summed E-state index contributed by atoms with van der Waals surface area (Å²) in [7, 11) is -4.66. The molecular formula is C21H41O8P. The second-order valence-electron chi connectivity index (χ2n) is 7.53. The molecule has 0 aliphatic heterocycles. The predicted octanol–water partition coefficient (Wildman–Crippen LogP) is 5.53. The van der Waals surface area contributed by atoms with Gasteiger partial charge in [0.2, 0.25) is 0 Å². The molecule has 0 fully saturated rings. The summed E-state index contributed by atoms with van der Waals surface area (Å²) in [6.07, 6.45) is 19.0. The van der Waals surface area contributed by atoms with Crippen LogP contribution in [0.4, 0.5) is 0 Å². The van der Waals surface area contributed by atoms with E-state index in [1.54, 1.807) is 0 Å². The Balaban J connectivity index is 3.47. The molecule has 0 aliphatic carbocycles. The Morgan fingerprint density at radius 3 is 1.93 bits per heavy atom. The number of rotatable bonds is 21. The molecule has 0 bridgehead atoms. The molecule has 0 aromatic heterocycles. The zero-order valence-corrected chi connectivity index (χ0v) is 19.3. The van der Waals surface area contributed by atoms with Crippen molar-refractivity contribution in [1.82, 2.24) is 0 Å². The third kappa shape index (κ3) is 21.9. The Hall–Kier alpha value is -0.760. The second kappa shape index (κ2) is 20.2. The summed E-state index contributed by atoms with van der Waals surface area (Å²) in [5.41, 5.74) is 0. The lowest BCUT2D eigenvalue weighted by Crippen LogP contribution is -2.25. The van der Waals surface area contributed by atoms with E-state index >= 15 is 0 Å². The molecule has 1 atom stereocenters. The largest absolute Gasteiger partial charge is 0.469 e. The molecule has 0 rings (SSSR count). The lowest BCUT2D eigenvalue weighted by Gasteiger charge is -2.14. The molecule has 0 amide bonds. The van der Waals surface area contributed by atoms with Crippen LogP contribution in [0.3, 0.4) is 0 Å². The fraction of sp³-hybridized carbons (Fsp3) is 0.857. The molecule has 0 aliphatic rings. The number of ether oxygens (including phenoxy) is 1. The zero-order valence-electron chi connectivity index (χ0n) is 18.4. The van der Waals surface area contributed by atoms with Crippen LogP contribution < -0.4 is 0 Å². The Kier molecular flexibility index (Phi) is 19.6. The van der Waals surface area contributed by atoms with Gasteiger partial charge in [0.15, 0.2) is 6.10 Å². The van der Waals surface area contributed by atoms with Crippen molar-refractivity contribution in [3.05, 3.63) is 12.2 Å². The van der Waals surface area contributed by atoms with Crippen LogP contribution in [0, 0.1) is 0 Å². The van der Waals surface area contributed by atoms with Gasteiger partial charge in [-0.25, -0.2) is 9.45 Å².